The molecule has 2 saturated heterocycles. The van der Waals surface area contributed by atoms with Crippen molar-refractivity contribution >= 4 is 11.8 Å². The minimum absolute atomic E-state index is 0.154. The molecule has 0 unspecified atom stereocenters. The van der Waals surface area contributed by atoms with E-state index in [9.17, 15) is 19.8 Å². The van der Waals surface area contributed by atoms with Crippen LogP contribution in [-0.2, 0) is 19.1 Å². The molecule has 6 aliphatic rings. The summed E-state index contributed by atoms with van der Waals surface area (Å²) in [7, 11) is 0. The molecule has 0 aromatic heterocycles. The molecule has 2 heterocycles. The lowest BCUT2D eigenvalue weighted by Gasteiger charge is -2.73. The fourth-order valence-electron chi connectivity index (χ4n) is 8.28. The van der Waals surface area contributed by atoms with E-state index >= 15 is 0 Å². The number of hydrogen-bond donors (Lipinski definition) is 2. The van der Waals surface area contributed by atoms with Crippen LogP contribution in [0.3, 0.4) is 0 Å². The van der Waals surface area contributed by atoms with Crippen LogP contribution in [0.1, 0.15) is 52.9 Å². The Kier molecular flexibility index (Phi) is 3.53. The predicted molar refractivity (Wildman–Crippen MR) is 98.8 cm³/mol. The minimum atomic E-state index is -1.97. The molecule has 2 N–H and O–H groups in total. The summed E-state index contributed by atoms with van der Waals surface area (Å²) in [6, 6.07) is 0. The first-order chi connectivity index (χ1) is 13.0. The second kappa shape index (κ2) is 5.27. The van der Waals surface area contributed by atoms with Gasteiger partial charge in [0.2, 0.25) is 5.79 Å². The molecule has 4 bridgehead atoms. The fourth-order valence-corrected chi connectivity index (χ4v) is 8.28. The number of Topliss-reactive ketones (excluding diaryl/α,β-unsaturated/α-hetero) is 1. The number of ether oxygens (including phenoxy) is 2. The highest BCUT2D eigenvalue weighted by molar-refractivity contribution is 6.04. The highest BCUT2D eigenvalue weighted by Gasteiger charge is 2.84. The van der Waals surface area contributed by atoms with Crippen LogP contribution in [0.25, 0.3) is 0 Å². The molecule has 6 nitrogen and oxygen atoms in total. The van der Waals surface area contributed by atoms with Crippen LogP contribution < -0.4 is 0 Å². The topological polar surface area (TPSA) is 93.1 Å². The van der Waals surface area contributed by atoms with Crippen molar-refractivity contribution in [3.8, 4) is 0 Å². The summed E-state index contributed by atoms with van der Waals surface area (Å²) in [5.41, 5.74) is -1.53. The van der Waals surface area contributed by atoms with E-state index in [-0.39, 0.29) is 41.5 Å². The van der Waals surface area contributed by atoms with Crippen LogP contribution in [0.4, 0.5) is 0 Å². The smallest absolute Gasteiger partial charge is 0.302 e. The highest BCUT2D eigenvalue weighted by atomic mass is 16.6. The highest BCUT2D eigenvalue weighted by Crippen LogP contribution is 2.76. The SMILES string of the molecule is C=C1C(=O)[C@]23C[C@@H]1C[C@@H](OC(C)=O)[C@H]2[C@]12CCCC(C)(C)[C@H]1[C@H](O)[C@@]3(O)OC2. The first kappa shape index (κ1) is 18.8. The standard InChI is InChI=1S/C22H30O6/c1-11-13-8-14(28-12(2)23)15-20-7-5-6-19(3,4)16(20)18(25)22(26,27-10-20)21(15,9-13)17(11)24/h13-16,18,25-26H,1,5-10H2,2-4H3/t13-,14+,15-,16+,18-,20+,21-,22+/m0/s1. The number of esters is 1. The summed E-state index contributed by atoms with van der Waals surface area (Å²) in [5, 5.41) is 23.2. The molecule has 6 fully saturated rings. The minimum Gasteiger partial charge on any atom is -0.462 e. The lowest BCUT2D eigenvalue weighted by atomic mass is 9.36. The molecule has 0 amide bonds. The van der Waals surface area contributed by atoms with Gasteiger partial charge in [0.1, 0.15) is 12.2 Å². The van der Waals surface area contributed by atoms with Gasteiger partial charge in [0.15, 0.2) is 5.78 Å². The van der Waals surface area contributed by atoms with Gasteiger partial charge in [-0.25, -0.2) is 0 Å². The van der Waals surface area contributed by atoms with Gasteiger partial charge in [-0.15, -0.1) is 0 Å². The number of aliphatic hydroxyl groups is 2. The number of allylic oxidation sites excluding steroid dienone is 1. The van der Waals surface area contributed by atoms with Crippen LogP contribution in [0.2, 0.25) is 0 Å². The zero-order chi connectivity index (χ0) is 20.3. The van der Waals surface area contributed by atoms with Gasteiger partial charge in [-0.1, -0.05) is 26.8 Å². The third kappa shape index (κ3) is 1.81. The van der Waals surface area contributed by atoms with Gasteiger partial charge in [0.05, 0.1) is 12.0 Å². The van der Waals surface area contributed by atoms with E-state index in [0.29, 0.717) is 18.4 Å². The molecule has 0 aromatic carbocycles. The van der Waals surface area contributed by atoms with Gasteiger partial charge in [-0.3, -0.25) is 9.59 Å². The van der Waals surface area contributed by atoms with Crippen LogP contribution in [0.15, 0.2) is 12.2 Å². The summed E-state index contributed by atoms with van der Waals surface area (Å²) in [5.74, 6) is -3.29. The summed E-state index contributed by atoms with van der Waals surface area (Å²) in [6.45, 7) is 9.93. The van der Waals surface area contributed by atoms with E-state index in [1.807, 2.05) is 0 Å². The van der Waals surface area contributed by atoms with Crippen molar-refractivity contribution in [1.29, 1.82) is 0 Å². The number of carbonyl (C=O) groups excluding carboxylic acids is 2. The van der Waals surface area contributed by atoms with Crippen LogP contribution in [0.5, 0.6) is 0 Å². The van der Waals surface area contributed by atoms with Gasteiger partial charge in [0.25, 0.3) is 0 Å². The van der Waals surface area contributed by atoms with Crippen molar-refractivity contribution < 1.29 is 29.3 Å². The fraction of sp³-hybridized carbons (Fsp3) is 0.818. The van der Waals surface area contributed by atoms with Gasteiger partial charge >= 0.3 is 5.97 Å². The molecule has 28 heavy (non-hydrogen) atoms. The molecule has 2 aliphatic heterocycles. The molecular formula is C22H30O6. The van der Waals surface area contributed by atoms with Gasteiger partial charge in [-0.2, -0.15) is 0 Å². The Bertz CT molecular complexity index is 788. The van der Waals surface area contributed by atoms with Gasteiger partial charge < -0.3 is 19.7 Å². The molecule has 0 radical (unpaired) electrons. The van der Waals surface area contributed by atoms with E-state index in [1.54, 1.807) is 0 Å². The third-order valence-corrected chi connectivity index (χ3v) is 8.96. The zero-order valence-corrected chi connectivity index (χ0v) is 16.9. The van der Waals surface area contributed by atoms with E-state index in [2.05, 4.69) is 20.4 Å². The summed E-state index contributed by atoms with van der Waals surface area (Å²) < 4.78 is 11.8. The van der Waals surface area contributed by atoms with Crippen molar-refractivity contribution in [2.45, 2.75) is 70.9 Å². The second-order valence-corrected chi connectivity index (χ2v) is 10.6. The van der Waals surface area contributed by atoms with Crippen molar-refractivity contribution in [3.05, 3.63) is 12.2 Å². The first-order valence-corrected chi connectivity index (χ1v) is 10.5. The van der Waals surface area contributed by atoms with Crippen LogP contribution in [-0.4, -0.2) is 46.6 Å². The Morgan fingerprint density at radius 3 is 2.68 bits per heavy atom. The molecular weight excluding hydrogens is 360 g/mol. The number of rotatable bonds is 1. The molecule has 4 saturated carbocycles. The third-order valence-electron chi connectivity index (χ3n) is 8.96. The van der Waals surface area contributed by atoms with E-state index < -0.39 is 28.8 Å². The summed E-state index contributed by atoms with van der Waals surface area (Å²) in [4.78, 5) is 25.5. The first-order valence-electron chi connectivity index (χ1n) is 10.5. The molecule has 154 valence electrons. The van der Waals surface area contributed by atoms with Crippen molar-refractivity contribution in [2.75, 3.05) is 6.61 Å². The Hall–Kier alpha value is -1.24. The molecule has 0 aromatic rings. The largest absolute Gasteiger partial charge is 0.462 e. The molecule has 2 spiro atoms. The molecule has 6 rings (SSSR count). The Morgan fingerprint density at radius 2 is 2.00 bits per heavy atom. The van der Waals surface area contributed by atoms with Gasteiger partial charge in [-0.05, 0) is 42.6 Å². The Morgan fingerprint density at radius 1 is 1.29 bits per heavy atom. The van der Waals surface area contributed by atoms with Crippen molar-refractivity contribution in [3.63, 3.8) is 0 Å². The Labute approximate surface area is 165 Å². The number of carbonyl (C=O) groups is 2. The van der Waals surface area contributed by atoms with Crippen molar-refractivity contribution in [1.82, 2.24) is 0 Å². The van der Waals surface area contributed by atoms with Crippen LogP contribution >= 0.6 is 0 Å². The second-order valence-electron chi connectivity index (χ2n) is 10.6. The summed E-state index contributed by atoms with van der Waals surface area (Å²) in [6.07, 6.45) is 2.03. The van der Waals surface area contributed by atoms with Crippen molar-refractivity contribution in [2.24, 2.45) is 34.0 Å². The predicted octanol–water partition coefficient (Wildman–Crippen LogP) is 1.98. The molecule has 6 heteroatoms. The maximum Gasteiger partial charge on any atom is 0.302 e. The van der Waals surface area contributed by atoms with E-state index in [0.717, 1.165) is 19.3 Å². The van der Waals surface area contributed by atoms with E-state index in [1.165, 1.54) is 6.92 Å². The maximum absolute atomic E-state index is 13.6. The Balaban J connectivity index is 1.77. The molecule has 4 aliphatic carbocycles. The maximum atomic E-state index is 13.6. The van der Waals surface area contributed by atoms with Gasteiger partial charge in [0, 0.05) is 24.2 Å². The van der Waals surface area contributed by atoms with Crippen LogP contribution in [0, 0.1) is 34.0 Å². The number of hydrogen-bond acceptors (Lipinski definition) is 6. The zero-order valence-electron chi connectivity index (χ0n) is 16.9. The normalized spacial score (nSPS) is 53.5. The number of aliphatic hydroxyl groups excluding tert-OH is 1. The molecule has 8 atom stereocenters. The van der Waals surface area contributed by atoms with E-state index in [4.69, 9.17) is 9.47 Å². The number of ketones is 1. The lowest BCUT2D eigenvalue weighted by molar-refractivity contribution is -0.445. The number of fused-ring (bicyclic) bond motifs is 2. The summed E-state index contributed by atoms with van der Waals surface area (Å²) >= 11 is 0. The monoisotopic (exact) mass is 390 g/mol. The average molecular weight is 390 g/mol. The quantitative estimate of drug-likeness (QED) is 0.525. The lowest BCUT2D eigenvalue weighted by Crippen LogP contribution is -2.83. The average Bonchev–Trinajstić information content (AvgIpc) is 2.78.